The second-order valence-corrected chi connectivity index (χ2v) is 8.16. The van der Waals surface area contributed by atoms with Crippen molar-refractivity contribution in [1.29, 1.82) is 0 Å². The van der Waals surface area contributed by atoms with E-state index >= 15 is 0 Å². The zero-order valence-electron chi connectivity index (χ0n) is 12.0. The van der Waals surface area contributed by atoms with Gasteiger partial charge in [0.1, 0.15) is 0 Å². The molecule has 0 bridgehead atoms. The molecule has 0 aliphatic heterocycles. The fraction of sp³-hybridized carbons (Fsp3) is 0.929. The maximum Gasteiger partial charge on any atom is 0.303 e. The minimum atomic E-state index is -3.28. The molecule has 2 rings (SSSR count). The first-order valence-corrected chi connectivity index (χ1v) is 9.31. The van der Waals surface area contributed by atoms with E-state index in [0.29, 0.717) is 12.5 Å². The van der Waals surface area contributed by atoms with Gasteiger partial charge in [0, 0.05) is 19.0 Å². The van der Waals surface area contributed by atoms with Crippen LogP contribution >= 0.6 is 0 Å². The van der Waals surface area contributed by atoms with Crippen molar-refractivity contribution in [2.75, 3.05) is 12.3 Å². The molecule has 116 valence electrons. The predicted molar refractivity (Wildman–Crippen MR) is 77.0 cm³/mol. The fourth-order valence-electron chi connectivity index (χ4n) is 3.00. The van der Waals surface area contributed by atoms with Crippen LogP contribution < -0.4 is 0 Å². The second-order valence-electron chi connectivity index (χ2n) is 6.12. The molecule has 0 spiro atoms. The van der Waals surface area contributed by atoms with Crippen LogP contribution in [0.25, 0.3) is 0 Å². The molecule has 0 aromatic carbocycles. The van der Waals surface area contributed by atoms with E-state index in [9.17, 15) is 13.2 Å². The van der Waals surface area contributed by atoms with Gasteiger partial charge in [0.05, 0.1) is 5.75 Å². The molecule has 20 heavy (non-hydrogen) atoms. The number of nitrogens with zero attached hydrogens (tertiary/aromatic N) is 1. The van der Waals surface area contributed by atoms with Crippen molar-refractivity contribution in [2.45, 2.75) is 63.8 Å². The van der Waals surface area contributed by atoms with Gasteiger partial charge in [0.25, 0.3) is 0 Å². The molecule has 0 radical (unpaired) electrons. The van der Waals surface area contributed by atoms with Gasteiger partial charge in [0.15, 0.2) is 0 Å². The van der Waals surface area contributed by atoms with Gasteiger partial charge in [-0.05, 0) is 38.0 Å². The molecule has 2 fully saturated rings. The number of carboxylic acid groups (broad SMARTS) is 1. The van der Waals surface area contributed by atoms with E-state index in [0.717, 1.165) is 25.7 Å². The molecule has 5 nitrogen and oxygen atoms in total. The van der Waals surface area contributed by atoms with Crippen molar-refractivity contribution >= 4 is 16.0 Å². The highest BCUT2D eigenvalue weighted by molar-refractivity contribution is 7.89. The number of aliphatic carboxylic acids is 1. The van der Waals surface area contributed by atoms with Gasteiger partial charge in [-0.1, -0.05) is 19.3 Å². The van der Waals surface area contributed by atoms with Crippen LogP contribution in [0.4, 0.5) is 0 Å². The quantitative estimate of drug-likeness (QED) is 0.746. The van der Waals surface area contributed by atoms with E-state index in [1.54, 1.807) is 4.31 Å². The van der Waals surface area contributed by atoms with Gasteiger partial charge in [-0.2, -0.15) is 4.31 Å². The van der Waals surface area contributed by atoms with Crippen molar-refractivity contribution in [2.24, 2.45) is 5.92 Å². The van der Waals surface area contributed by atoms with E-state index in [1.807, 2.05) is 0 Å². The number of hydrogen-bond donors (Lipinski definition) is 1. The molecule has 0 atom stereocenters. The van der Waals surface area contributed by atoms with Crippen molar-refractivity contribution in [3.05, 3.63) is 0 Å². The van der Waals surface area contributed by atoms with Crippen LogP contribution in [0.5, 0.6) is 0 Å². The summed E-state index contributed by atoms with van der Waals surface area (Å²) in [5, 5.41) is 8.62. The summed E-state index contributed by atoms with van der Waals surface area (Å²) in [5.74, 6) is -0.452. The van der Waals surface area contributed by atoms with Gasteiger partial charge < -0.3 is 5.11 Å². The van der Waals surface area contributed by atoms with Gasteiger partial charge >= 0.3 is 5.97 Å². The van der Waals surface area contributed by atoms with Crippen LogP contribution in [0.2, 0.25) is 0 Å². The Hall–Kier alpha value is -0.620. The number of carbonyl (C=O) groups is 1. The monoisotopic (exact) mass is 303 g/mol. The van der Waals surface area contributed by atoms with Gasteiger partial charge in [-0.3, -0.25) is 4.79 Å². The van der Waals surface area contributed by atoms with Crippen molar-refractivity contribution < 1.29 is 18.3 Å². The third-order valence-electron chi connectivity index (χ3n) is 4.27. The van der Waals surface area contributed by atoms with Crippen LogP contribution in [0.15, 0.2) is 0 Å². The molecule has 0 aromatic heterocycles. The van der Waals surface area contributed by atoms with Crippen LogP contribution in [0.1, 0.15) is 57.8 Å². The Morgan fingerprint density at radius 1 is 1.10 bits per heavy atom. The third-order valence-corrected chi connectivity index (χ3v) is 6.23. The highest BCUT2D eigenvalue weighted by Gasteiger charge is 2.38. The van der Waals surface area contributed by atoms with E-state index in [1.165, 1.54) is 19.3 Å². The Bertz CT molecular complexity index is 424. The van der Waals surface area contributed by atoms with Crippen molar-refractivity contribution in [1.82, 2.24) is 4.31 Å². The smallest absolute Gasteiger partial charge is 0.303 e. The normalized spacial score (nSPS) is 21.2. The van der Waals surface area contributed by atoms with E-state index in [2.05, 4.69) is 0 Å². The largest absolute Gasteiger partial charge is 0.481 e. The first-order valence-electron chi connectivity index (χ1n) is 7.70. The third kappa shape index (κ3) is 4.74. The Balaban J connectivity index is 1.90. The second kappa shape index (κ2) is 6.89. The zero-order valence-corrected chi connectivity index (χ0v) is 12.8. The van der Waals surface area contributed by atoms with Gasteiger partial charge in [0.2, 0.25) is 10.0 Å². The summed E-state index contributed by atoms with van der Waals surface area (Å²) in [6, 6.07) is 0.187. The molecule has 2 saturated carbocycles. The molecule has 1 N–H and O–H groups in total. The van der Waals surface area contributed by atoms with Gasteiger partial charge in [-0.15, -0.1) is 0 Å². The summed E-state index contributed by atoms with van der Waals surface area (Å²) in [6.07, 6.45) is 8.03. The number of carboxylic acids is 1. The lowest BCUT2D eigenvalue weighted by atomic mass is 9.89. The first-order chi connectivity index (χ1) is 9.49. The molecule has 0 heterocycles. The lowest BCUT2D eigenvalue weighted by Gasteiger charge is -2.29. The summed E-state index contributed by atoms with van der Waals surface area (Å²) in [5.41, 5.74) is 0. The van der Waals surface area contributed by atoms with Crippen LogP contribution in [0, 0.1) is 5.92 Å². The summed E-state index contributed by atoms with van der Waals surface area (Å²) in [6.45, 7) is 0.653. The number of hydrogen-bond acceptors (Lipinski definition) is 3. The minimum absolute atomic E-state index is 0.0253. The molecule has 6 heteroatoms. The minimum Gasteiger partial charge on any atom is -0.481 e. The lowest BCUT2D eigenvalue weighted by Crippen LogP contribution is -2.39. The zero-order chi connectivity index (χ0) is 14.6. The molecule has 0 saturated heterocycles. The summed E-state index contributed by atoms with van der Waals surface area (Å²) < 4.78 is 26.5. The highest BCUT2D eigenvalue weighted by atomic mass is 32.2. The molecule has 2 aliphatic carbocycles. The van der Waals surface area contributed by atoms with Crippen LogP contribution in [0.3, 0.4) is 0 Å². The Labute approximate surface area is 121 Å². The van der Waals surface area contributed by atoms with Crippen LogP contribution in [-0.2, 0) is 14.8 Å². The van der Waals surface area contributed by atoms with E-state index < -0.39 is 16.0 Å². The highest BCUT2D eigenvalue weighted by Crippen LogP contribution is 2.33. The molecule has 2 aliphatic rings. The maximum absolute atomic E-state index is 12.4. The van der Waals surface area contributed by atoms with E-state index in [-0.39, 0.29) is 24.6 Å². The number of rotatable bonds is 8. The van der Waals surface area contributed by atoms with Crippen LogP contribution in [-0.4, -0.2) is 42.1 Å². The van der Waals surface area contributed by atoms with Gasteiger partial charge in [-0.25, -0.2) is 8.42 Å². The van der Waals surface area contributed by atoms with E-state index in [4.69, 9.17) is 5.11 Å². The standard InChI is InChI=1S/C14H25NO4S/c16-14(17)7-4-10-20(18,19)15(13-8-9-13)11-12-5-2-1-3-6-12/h12-13H,1-11H2,(H,16,17). The van der Waals surface area contributed by atoms with Crippen molar-refractivity contribution in [3.63, 3.8) is 0 Å². The number of sulfonamides is 1. The molecule has 0 unspecified atom stereocenters. The summed E-state index contributed by atoms with van der Waals surface area (Å²) >= 11 is 0. The molecular weight excluding hydrogens is 278 g/mol. The Kier molecular flexibility index (Phi) is 5.43. The summed E-state index contributed by atoms with van der Waals surface area (Å²) in [7, 11) is -3.28. The lowest BCUT2D eigenvalue weighted by molar-refractivity contribution is -0.137. The molecule has 0 amide bonds. The SMILES string of the molecule is O=C(O)CCCS(=O)(=O)N(CC1CCCCC1)C1CC1. The predicted octanol–water partition coefficient (Wildman–Crippen LogP) is 2.23. The maximum atomic E-state index is 12.4. The summed E-state index contributed by atoms with van der Waals surface area (Å²) in [4.78, 5) is 10.5. The Morgan fingerprint density at radius 3 is 2.30 bits per heavy atom. The first kappa shape index (κ1) is 15.8. The fourth-order valence-corrected chi connectivity index (χ4v) is 4.85. The molecular formula is C14H25NO4S. The topological polar surface area (TPSA) is 74.7 Å². The average Bonchev–Trinajstić information content (AvgIpc) is 3.20. The van der Waals surface area contributed by atoms with Crippen molar-refractivity contribution in [3.8, 4) is 0 Å². The Morgan fingerprint density at radius 2 is 1.75 bits per heavy atom. The average molecular weight is 303 g/mol. The molecule has 0 aromatic rings.